The normalized spacial score (nSPS) is 15.6. The van der Waals surface area contributed by atoms with Crippen LogP contribution in [0.3, 0.4) is 0 Å². The second-order valence-corrected chi connectivity index (χ2v) is 8.62. The smallest absolute Gasteiger partial charge is 0.147 e. The summed E-state index contributed by atoms with van der Waals surface area (Å²) in [5.74, 6) is 0.936. The van der Waals surface area contributed by atoms with Gasteiger partial charge in [0.1, 0.15) is 5.75 Å². The molecule has 1 fully saturated rings. The third kappa shape index (κ3) is 8.02. The number of nitrogens with one attached hydrogen (secondary N) is 1. The number of hydrogen-bond donors (Lipinski definition) is 1. The molecular weight excluding hydrogens is 368 g/mol. The molecule has 3 heteroatoms. The van der Waals surface area contributed by atoms with Crippen molar-refractivity contribution in [3.63, 3.8) is 0 Å². The van der Waals surface area contributed by atoms with Gasteiger partial charge in [-0.1, -0.05) is 88.6 Å². The van der Waals surface area contributed by atoms with E-state index < -0.39 is 0 Å². The van der Waals surface area contributed by atoms with E-state index in [0.29, 0.717) is 6.04 Å². The predicted molar refractivity (Wildman–Crippen MR) is 128 cm³/mol. The number of anilines is 1. The van der Waals surface area contributed by atoms with Gasteiger partial charge in [-0.2, -0.15) is 0 Å². The number of piperidine rings is 1. The van der Waals surface area contributed by atoms with Crippen molar-refractivity contribution in [1.82, 2.24) is 5.06 Å². The fourth-order valence-corrected chi connectivity index (χ4v) is 4.23. The number of rotatable bonds is 13. The minimum atomic E-state index is 0.357. The molecule has 0 saturated carbocycles. The first-order valence-corrected chi connectivity index (χ1v) is 12.2. The Morgan fingerprint density at radius 2 is 1.47 bits per heavy atom. The van der Waals surface area contributed by atoms with Crippen LogP contribution in [0.5, 0.6) is 5.75 Å². The van der Waals surface area contributed by atoms with Crippen molar-refractivity contribution in [2.45, 2.75) is 83.6 Å². The molecule has 1 aliphatic rings. The van der Waals surface area contributed by atoms with E-state index in [1.807, 2.05) is 0 Å². The van der Waals surface area contributed by atoms with Gasteiger partial charge in [-0.05, 0) is 49.1 Å². The van der Waals surface area contributed by atoms with Gasteiger partial charge in [-0.3, -0.25) is 0 Å². The molecule has 0 spiro atoms. The van der Waals surface area contributed by atoms with Gasteiger partial charge in [0.2, 0.25) is 0 Å². The third-order valence-corrected chi connectivity index (χ3v) is 6.04. The van der Waals surface area contributed by atoms with E-state index >= 15 is 0 Å². The molecule has 2 aromatic carbocycles. The molecule has 1 atom stereocenters. The van der Waals surface area contributed by atoms with Gasteiger partial charge in [0, 0.05) is 18.8 Å². The molecule has 1 unspecified atom stereocenters. The molecule has 0 aromatic heterocycles. The van der Waals surface area contributed by atoms with Crippen LogP contribution < -0.4 is 10.2 Å². The monoisotopic (exact) mass is 408 g/mol. The SMILES string of the molecule is CCCCCCCCCC(Nc1ccc(ON2CCCCC2)cc1)c1ccccc1. The van der Waals surface area contributed by atoms with Gasteiger partial charge < -0.3 is 10.2 Å². The van der Waals surface area contributed by atoms with Gasteiger partial charge >= 0.3 is 0 Å². The fraction of sp³-hybridized carbons (Fsp3) is 0.556. The van der Waals surface area contributed by atoms with Crippen molar-refractivity contribution < 1.29 is 4.84 Å². The minimum Gasteiger partial charge on any atom is -0.406 e. The van der Waals surface area contributed by atoms with E-state index in [1.54, 1.807) is 0 Å². The fourth-order valence-electron chi connectivity index (χ4n) is 4.23. The Labute approximate surface area is 183 Å². The largest absolute Gasteiger partial charge is 0.406 e. The second kappa shape index (κ2) is 13.3. The van der Waals surface area contributed by atoms with Crippen LogP contribution in [0.4, 0.5) is 5.69 Å². The summed E-state index contributed by atoms with van der Waals surface area (Å²) in [4.78, 5) is 6.03. The summed E-state index contributed by atoms with van der Waals surface area (Å²) in [6.45, 7) is 4.35. The number of unbranched alkanes of at least 4 members (excludes halogenated alkanes) is 6. The van der Waals surface area contributed by atoms with E-state index in [4.69, 9.17) is 4.84 Å². The van der Waals surface area contributed by atoms with Crippen LogP contribution in [-0.2, 0) is 0 Å². The van der Waals surface area contributed by atoms with Gasteiger partial charge in [-0.15, -0.1) is 5.06 Å². The maximum atomic E-state index is 6.03. The molecule has 0 bridgehead atoms. The van der Waals surface area contributed by atoms with Crippen molar-refractivity contribution in [1.29, 1.82) is 0 Å². The molecule has 3 nitrogen and oxygen atoms in total. The van der Waals surface area contributed by atoms with Crippen molar-refractivity contribution in [2.75, 3.05) is 18.4 Å². The van der Waals surface area contributed by atoms with Crippen molar-refractivity contribution >= 4 is 5.69 Å². The highest BCUT2D eigenvalue weighted by Gasteiger charge is 2.13. The summed E-state index contributed by atoms with van der Waals surface area (Å²) in [6.07, 6.45) is 14.4. The van der Waals surface area contributed by atoms with E-state index in [0.717, 1.165) is 24.5 Å². The van der Waals surface area contributed by atoms with Crippen molar-refractivity contribution in [2.24, 2.45) is 0 Å². The van der Waals surface area contributed by atoms with Crippen LogP contribution in [0.25, 0.3) is 0 Å². The highest BCUT2D eigenvalue weighted by molar-refractivity contribution is 5.48. The molecule has 1 aliphatic heterocycles. The number of benzene rings is 2. The van der Waals surface area contributed by atoms with Crippen molar-refractivity contribution in [3.05, 3.63) is 60.2 Å². The summed E-state index contributed by atoms with van der Waals surface area (Å²) < 4.78 is 0. The van der Waals surface area contributed by atoms with E-state index in [-0.39, 0.29) is 0 Å². The van der Waals surface area contributed by atoms with E-state index in [9.17, 15) is 0 Å². The molecule has 30 heavy (non-hydrogen) atoms. The first-order chi connectivity index (χ1) is 14.8. The lowest BCUT2D eigenvalue weighted by Crippen LogP contribution is -2.32. The molecule has 1 N–H and O–H groups in total. The Kier molecular flexibility index (Phi) is 10.1. The molecule has 0 radical (unpaired) electrons. The highest BCUT2D eigenvalue weighted by atomic mass is 16.7. The zero-order valence-corrected chi connectivity index (χ0v) is 18.8. The summed E-state index contributed by atoms with van der Waals surface area (Å²) in [5, 5.41) is 5.86. The average molecular weight is 409 g/mol. The zero-order chi connectivity index (χ0) is 20.9. The average Bonchev–Trinajstić information content (AvgIpc) is 2.80. The molecule has 0 amide bonds. The molecule has 3 rings (SSSR count). The van der Waals surface area contributed by atoms with Gasteiger partial charge in [-0.25, -0.2) is 0 Å². The predicted octanol–water partition coefficient (Wildman–Crippen LogP) is 7.76. The third-order valence-electron chi connectivity index (χ3n) is 6.04. The van der Waals surface area contributed by atoms with Gasteiger partial charge in [0.05, 0.1) is 6.04 Å². The Morgan fingerprint density at radius 3 is 2.17 bits per heavy atom. The molecular formula is C27H40N2O. The number of hydroxylamine groups is 2. The molecule has 2 aromatic rings. The topological polar surface area (TPSA) is 24.5 Å². The van der Waals surface area contributed by atoms with E-state index in [2.05, 4.69) is 71.9 Å². The minimum absolute atomic E-state index is 0.357. The molecule has 1 heterocycles. The van der Waals surface area contributed by atoms with Crippen LogP contribution in [-0.4, -0.2) is 18.2 Å². The van der Waals surface area contributed by atoms with Crippen molar-refractivity contribution in [3.8, 4) is 5.75 Å². The maximum absolute atomic E-state index is 6.03. The first-order valence-electron chi connectivity index (χ1n) is 12.2. The Balaban J connectivity index is 1.50. The van der Waals surface area contributed by atoms with Crippen LogP contribution in [0, 0.1) is 0 Å². The second-order valence-electron chi connectivity index (χ2n) is 8.62. The summed E-state index contributed by atoms with van der Waals surface area (Å²) in [6, 6.07) is 19.7. The molecule has 1 saturated heterocycles. The van der Waals surface area contributed by atoms with E-state index in [1.165, 1.54) is 76.2 Å². The Bertz CT molecular complexity index is 680. The Hall–Kier alpha value is -2.00. The lowest BCUT2D eigenvalue weighted by molar-refractivity contribution is -0.0719. The lowest BCUT2D eigenvalue weighted by atomic mass is 9.99. The summed E-state index contributed by atoms with van der Waals surface area (Å²) in [5.41, 5.74) is 2.54. The van der Waals surface area contributed by atoms with Gasteiger partial charge in [0.15, 0.2) is 0 Å². The summed E-state index contributed by atoms with van der Waals surface area (Å²) in [7, 11) is 0. The summed E-state index contributed by atoms with van der Waals surface area (Å²) >= 11 is 0. The molecule has 164 valence electrons. The lowest BCUT2D eigenvalue weighted by Gasteiger charge is -2.26. The quantitative estimate of drug-likeness (QED) is 0.343. The van der Waals surface area contributed by atoms with Gasteiger partial charge in [0.25, 0.3) is 0 Å². The van der Waals surface area contributed by atoms with Crippen LogP contribution >= 0.6 is 0 Å². The van der Waals surface area contributed by atoms with Crippen LogP contribution in [0.1, 0.15) is 89.2 Å². The standard InChI is InChI=1S/C27H40N2O/c1-2-3-4-5-6-7-12-17-27(24-15-10-8-11-16-24)28-25-18-20-26(21-19-25)30-29-22-13-9-14-23-29/h8,10-11,15-16,18-21,27-28H,2-7,9,12-14,17,22-23H2,1H3. The first kappa shape index (κ1) is 22.7. The highest BCUT2D eigenvalue weighted by Crippen LogP contribution is 2.27. The van der Waals surface area contributed by atoms with Crippen LogP contribution in [0.2, 0.25) is 0 Å². The number of hydrogen-bond acceptors (Lipinski definition) is 3. The van der Waals surface area contributed by atoms with Crippen LogP contribution in [0.15, 0.2) is 54.6 Å². The maximum Gasteiger partial charge on any atom is 0.147 e. The zero-order valence-electron chi connectivity index (χ0n) is 18.8. The Morgan fingerprint density at radius 1 is 0.800 bits per heavy atom. The molecule has 0 aliphatic carbocycles. The number of nitrogens with zero attached hydrogens (tertiary/aromatic N) is 1.